The third-order valence-electron chi connectivity index (χ3n) is 5.73. The standard InChI is InChI=1S/C25H19BrN2O6/c1-31-17-10-13(11-18(32-2)23(17)33-3)21-20-22(29)15-12-14(26)7-8-16(15)34-24(20)25(30)28(21)19-6-4-5-9-27-19/h4-12,21H,1-3H3. The maximum atomic E-state index is 13.7. The van der Waals surface area contributed by atoms with Crippen LogP contribution >= 0.6 is 15.9 Å². The van der Waals surface area contributed by atoms with Crippen molar-refractivity contribution in [3.8, 4) is 17.2 Å². The monoisotopic (exact) mass is 522 g/mol. The van der Waals surface area contributed by atoms with Gasteiger partial charge in [0, 0.05) is 10.7 Å². The molecule has 1 atom stereocenters. The molecule has 0 radical (unpaired) electrons. The van der Waals surface area contributed by atoms with Crippen LogP contribution in [0.15, 0.2) is 68.4 Å². The Hall–Kier alpha value is -3.85. The number of halogens is 1. The van der Waals surface area contributed by atoms with Crippen molar-refractivity contribution >= 4 is 38.6 Å². The number of hydrogen-bond donors (Lipinski definition) is 0. The van der Waals surface area contributed by atoms with Crippen LogP contribution in [-0.2, 0) is 0 Å². The fourth-order valence-corrected chi connectivity index (χ4v) is 4.61. The van der Waals surface area contributed by atoms with Gasteiger partial charge in [-0.1, -0.05) is 22.0 Å². The Morgan fingerprint density at radius 2 is 1.71 bits per heavy atom. The minimum atomic E-state index is -0.828. The molecular formula is C25H19BrN2O6. The number of rotatable bonds is 5. The van der Waals surface area contributed by atoms with Gasteiger partial charge in [0.25, 0.3) is 5.91 Å². The molecule has 8 nitrogen and oxygen atoms in total. The minimum Gasteiger partial charge on any atom is -0.493 e. The van der Waals surface area contributed by atoms with E-state index >= 15 is 0 Å². The molecule has 4 aromatic rings. The van der Waals surface area contributed by atoms with Crippen LogP contribution in [0.4, 0.5) is 5.82 Å². The Balaban J connectivity index is 1.84. The van der Waals surface area contributed by atoms with Gasteiger partial charge in [0.1, 0.15) is 11.4 Å². The Morgan fingerprint density at radius 1 is 0.971 bits per heavy atom. The Kier molecular flexibility index (Phi) is 5.49. The van der Waals surface area contributed by atoms with Gasteiger partial charge in [-0.05, 0) is 48.0 Å². The summed E-state index contributed by atoms with van der Waals surface area (Å²) in [6.07, 6.45) is 1.58. The third kappa shape index (κ3) is 3.31. The van der Waals surface area contributed by atoms with Gasteiger partial charge >= 0.3 is 0 Å². The molecule has 1 amide bonds. The van der Waals surface area contributed by atoms with Crippen molar-refractivity contribution in [1.82, 2.24) is 4.98 Å². The number of pyridine rings is 1. The molecule has 1 aliphatic heterocycles. The largest absolute Gasteiger partial charge is 0.493 e. The van der Waals surface area contributed by atoms with E-state index in [0.29, 0.717) is 39.6 Å². The average Bonchev–Trinajstić information content (AvgIpc) is 3.16. The number of aromatic nitrogens is 1. The lowest BCUT2D eigenvalue weighted by molar-refractivity contribution is 0.0970. The summed E-state index contributed by atoms with van der Waals surface area (Å²) in [5, 5.41) is 0.362. The number of carbonyl (C=O) groups excluding carboxylic acids is 1. The van der Waals surface area contributed by atoms with Gasteiger partial charge < -0.3 is 18.6 Å². The molecule has 0 saturated carbocycles. The fourth-order valence-electron chi connectivity index (χ4n) is 4.25. The first-order chi connectivity index (χ1) is 16.5. The summed E-state index contributed by atoms with van der Waals surface area (Å²) in [6, 6.07) is 12.9. The molecule has 34 heavy (non-hydrogen) atoms. The zero-order valence-corrected chi connectivity index (χ0v) is 20.1. The first kappa shape index (κ1) is 22.0. The number of benzene rings is 2. The Bertz CT molecular complexity index is 1460. The summed E-state index contributed by atoms with van der Waals surface area (Å²) >= 11 is 3.41. The summed E-state index contributed by atoms with van der Waals surface area (Å²) < 4.78 is 23.2. The second-order valence-corrected chi connectivity index (χ2v) is 8.45. The molecule has 0 N–H and O–H groups in total. The second-order valence-electron chi connectivity index (χ2n) is 7.54. The van der Waals surface area contributed by atoms with Crippen LogP contribution in [0.5, 0.6) is 17.2 Å². The molecule has 3 heterocycles. The first-order valence-corrected chi connectivity index (χ1v) is 11.1. The highest BCUT2D eigenvalue weighted by molar-refractivity contribution is 9.10. The van der Waals surface area contributed by atoms with E-state index < -0.39 is 11.9 Å². The SMILES string of the molecule is COc1cc(C2c3c(oc4ccc(Br)cc4c3=O)C(=O)N2c2ccccn2)cc(OC)c1OC. The summed E-state index contributed by atoms with van der Waals surface area (Å²) in [5.74, 6) is 1.08. The van der Waals surface area contributed by atoms with E-state index in [4.69, 9.17) is 18.6 Å². The number of ether oxygens (including phenoxy) is 3. The predicted octanol–water partition coefficient (Wildman–Crippen LogP) is 4.73. The van der Waals surface area contributed by atoms with Crippen molar-refractivity contribution < 1.29 is 23.4 Å². The van der Waals surface area contributed by atoms with E-state index in [1.807, 2.05) is 0 Å². The van der Waals surface area contributed by atoms with Crippen molar-refractivity contribution in [2.75, 3.05) is 26.2 Å². The zero-order chi connectivity index (χ0) is 24.0. The number of methoxy groups -OCH3 is 3. The molecule has 9 heteroatoms. The number of nitrogens with zero attached hydrogens (tertiary/aromatic N) is 2. The van der Waals surface area contributed by atoms with Crippen LogP contribution in [0.2, 0.25) is 0 Å². The van der Waals surface area contributed by atoms with Crippen LogP contribution in [0.3, 0.4) is 0 Å². The fraction of sp³-hybridized carbons (Fsp3) is 0.160. The molecule has 5 rings (SSSR count). The molecular weight excluding hydrogens is 504 g/mol. The predicted molar refractivity (Wildman–Crippen MR) is 129 cm³/mol. The van der Waals surface area contributed by atoms with Crippen molar-refractivity contribution in [2.24, 2.45) is 0 Å². The summed E-state index contributed by atoms with van der Waals surface area (Å²) in [7, 11) is 4.52. The number of carbonyl (C=O) groups is 1. The quantitative estimate of drug-likeness (QED) is 0.374. The lowest BCUT2D eigenvalue weighted by Crippen LogP contribution is -2.30. The van der Waals surface area contributed by atoms with Crippen molar-refractivity contribution in [3.05, 3.63) is 86.3 Å². The maximum Gasteiger partial charge on any atom is 0.296 e. The van der Waals surface area contributed by atoms with Crippen molar-refractivity contribution in [1.29, 1.82) is 0 Å². The molecule has 1 unspecified atom stereocenters. The third-order valence-corrected chi connectivity index (χ3v) is 6.22. The van der Waals surface area contributed by atoms with Crippen molar-refractivity contribution in [3.63, 3.8) is 0 Å². The average molecular weight is 523 g/mol. The van der Waals surface area contributed by atoms with E-state index in [2.05, 4.69) is 20.9 Å². The van der Waals surface area contributed by atoms with Gasteiger partial charge in [0.2, 0.25) is 11.5 Å². The van der Waals surface area contributed by atoms with Crippen molar-refractivity contribution in [2.45, 2.75) is 6.04 Å². The molecule has 1 aliphatic rings. The number of anilines is 1. The maximum absolute atomic E-state index is 13.7. The smallest absolute Gasteiger partial charge is 0.296 e. The first-order valence-electron chi connectivity index (χ1n) is 10.3. The lowest BCUT2D eigenvalue weighted by Gasteiger charge is -2.25. The molecule has 172 valence electrons. The van der Waals surface area contributed by atoms with E-state index in [9.17, 15) is 9.59 Å². The van der Waals surface area contributed by atoms with Crippen LogP contribution in [0, 0.1) is 0 Å². The molecule has 0 aliphatic carbocycles. The molecule has 0 fully saturated rings. The van der Waals surface area contributed by atoms with Gasteiger partial charge in [-0.25, -0.2) is 4.98 Å². The number of hydrogen-bond acceptors (Lipinski definition) is 7. The normalized spacial score (nSPS) is 14.9. The number of fused-ring (bicyclic) bond motifs is 2. The van der Waals surface area contributed by atoms with Gasteiger partial charge in [0.05, 0.1) is 38.3 Å². The van der Waals surface area contributed by atoms with E-state index in [1.54, 1.807) is 54.7 Å². The highest BCUT2D eigenvalue weighted by atomic mass is 79.9. The van der Waals surface area contributed by atoms with Crippen LogP contribution in [-0.4, -0.2) is 32.2 Å². The number of amides is 1. The molecule has 2 aromatic carbocycles. The van der Waals surface area contributed by atoms with E-state index in [-0.39, 0.29) is 16.8 Å². The Labute approximate surface area is 202 Å². The minimum absolute atomic E-state index is 0.0239. The van der Waals surface area contributed by atoms with Crippen LogP contribution < -0.4 is 24.5 Å². The highest BCUT2D eigenvalue weighted by Gasteiger charge is 2.44. The molecule has 2 aromatic heterocycles. The van der Waals surface area contributed by atoms with E-state index in [1.165, 1.54) is 26.2 Å². The van der Waals surface area contributed by atoms with Gasteiger partial charge in [0.15, 0.2) is 16.9 Å². The van der Waals surface area contributed by atoms with Gasteiger partial charge in [-0.15, -0.1) is 0 Å². The van der Waals surface area contributed by atoms with Gasteiger partial charge in [-0.3, -0.25) is 14.5 Å². The summed E-state index contributed by atoms with van der Waals surface area (Å²) in [6.45, 7) is 0. The van der Waals surface area contributed by atoms with Gasteiger partial charge in [-0.2, -0.15) is 0 Å². The topological polar surface area (TPSA) is 91.1 Å². The Morgan fingerprint density at radius 3 is 2.32 bits per heavy atom. The molecule has 0 saturated heterocycles. The van der Waals surface area contributed by atoms with Crippen LogP contribution in [0.1, 0.15) is 27.7 Å². The highest BCUT2D eigenvalue weighted by Crippen LogP contribution is 2.46. The molecule has 0 spiro atoms. The molecule has 0 bridgehead atoms. The zero-order valence-electron chi connectivity index (χ0n) is 18.5. The summed E-state index contributed by atoms with van der Waals surface area (Å²) in [4.78, 5) is 33.2. The summed E-state index contributed by atoms with van der Waals surface area (Å²) in [5.41, 5.74) is 0.819. The van der Waals surface area contributed by atoms with E-state index in [0.717, 1.165) is 4.47 Å². The lowest BCUT2D eigenvalue weighted by atomic mass is 9.97. The second kappa shape index (κ2) is 8.49. The van der Waals surface area contributed by atoms with Crippen LogP contribution in [0.25, 0.3) is 11.0 Å².